The number of carbonyl (C=O) groups is 1. The van der Waals surface area contributed by atoms with E-state index in [0.717, 1.165) is 5.56 Å². The lowest BCUT2D eigenvalue weighted by atomic mass is 10.1. The molecule has 0 saturated heterocycles. The highest BCUT2D eigenvalue weighted by Crippen LogP contribution is 2.28. The molecule has 2 aromatic carbocycles. The molecule has 1 atom stereocenters. The molecule has 116 valence electrons. The number of rotatable bonds is 5. The fourth-order valence-electron chi connectivity index (χ4n) is 2.30. The summed E-state index contributed by atoms with van der Waals surface area (Å²) < 4.78 is 10.5. The Kier molecular flexibility index (Phi) is 5.04. The number of ether oxygens (including phenoxy) is 2. The summed E-state index contributed by atoms with van der Waals surface area (Å²) in [5, 5.41) is 0. The third-order valence-electron chi connectivity index (χ3n) is 3.82. The number of carbonyl (C=O) groups excluding carboxylic acids is 1. The van der Waals surface area contributed by atoms with E-state index >= 15 is 0 Å². The molecule has 0 radical (unpaired) electrons. The van der Waals surface area contributed by atoms with Crippen molar-refractivity contribution >= 4 is 5.91 Å². The largest absolute Gasteiger partial charge is 0.497 e. The zero-order valence-corrected chi connectivity index (χ0v) is 13.4. The molecule has 0 N–H and O–H groups in total. The fourth-order valence-corrected chi connectivity index (χ4v) is 2.30. The predicted molar refractivity (Wildman–Crippen MR) is 86.5 cm³/mol. The van der Waals surface area contributed by atoms with E-state index in [4.69, 9.17) is 9.47 Å². The smallest absolute Gasteiger partial charge is 0.258 e. The highest BCUT2D eigenvalue weighted by Gasteiger charge is 2.22. The van der Waals surface area contributed by atoms with Crippen LogP contribution in [0.1, 0.15) is 28.9 Å². The Morgan fingerprint density at radius 3 is 2.32 bits per heavy atom. The summed E-state index contributed by atoms with van der Waals surface area (Å²) in [6.07, 6.45) is 0. The molecule has 0 aliphatic carbocycles. The van der Waals surface area contributed by atoms with Crippen LogP contribution in [0.5, 0.6) is 11.5 Å². The first-order valence-electron chi connectivity index (χ1n) is 7.12. The number of hydrogen-bond donors (Lipinski definition) is 0. The monoisotopic (exact) mass is 299 g/mol. The standard InChI is InChI=1S/C18H21NO3/c1-13(14-8-6-5-7-9-14)19(2)18(20)16-12-15(21-3)10-11-17(16)22-4/h5-13H,1-4H3. The Balaban J connectivity index is 2.30. The van der Waals surface area contributed by atoms with E-state index < -0.39 is 0 Å². The first-order valence-corrected chi connectivity index (χ1v) is 7.12. The van der Waals surface area contributed by atoms with Crippen LogP contribution in [0, 0.1) is 0 Å². The molecular formula is C18H21NO3. The Hall–Kier alpha value is -2.49. The van der Waals surface area contributed by atoms with Crippen LogP contribution in [0.4, 0.5) is 0 Å². The van der Waals surface area contributed by atoms with E-state index in [9.17, 15) is 4.79 Å². The zero-order chi connectivity index (χ0) is 16.1. The van der Waals surface area contributed by atoms with E-state index in [-0.39, 0.29) is 11.9 Å². The lowest BCUT2D eigenvalue weighted by molar-refractivity contribution is 0.0739. The maximum atomic E-state index is 12.8. The summed E-state index contributed by atoms with van der Waals surface area (Å²) in [5.74, 6) is 1.06. The quantitative estimate of drug-likeness (QED) is 0.847. The molecule has 2 rings (SSSR count). The predicted octanol–water partition coefficient (Wildman–Crippen LogP) is 3.54. The minimum atomic E-state index is -0.105. The van der Waals surface area contributed by atoms with Crippen LogP contribution in [0.15, 0.2) is 48.5 Å². The second-order valence-electron chi connectivity index (χ2n) is 5.07. The summed E-state index contributed by atoms with van der Waals surface area (Å²) >= 11 is 0. The van der Waals surface area contributed by atoms with Gasteiger partial charge in [-0.05, 0) is 30.7 Å². The molecule has 0 spiro atoms. The van der Waals surface area contributed by atoms with Crippen molar-refractivity contribution < 1.29 is 14.3 Å². The maximum absolute atomic E-state index is 12.8. The number of hydrogen-bond acceptors (Lipinski definition) is 3. The van der Waals surface area contributed by atoms with Crippen LogP contribution in [-0.4, -0.2) is 32.1 Å². The SMILES string of the molecule is COc1ccc(OC)c(C(=O)N(C)C(C)c2ccccc2)c1. The van der Waals surface area contributed by atoms with Gasteiger partial charge in [0.2, 0.25) is 0 Å². The Labute approximate surface area is 131 Å². The summed E-state index contributed by atoms with van der Waals surface area (Å²) in [7, 11) is 4.92. The lowest BCUT2D eigenvalue weighted by Crippen LogP contribution is -2.30. The molecule has 0 fully saturated rings. The maximum Gasteiger partial charge on any atom is 0.258 e. The molecular weight excluding hydrogens is 278 g/mol. The topological polar surface area (TPSA) is 38.8 Å². The number of benzene rings is 2. The first-order chi connectivity index (χ1) is 10.6. The lowest BCUT2D eigenvalue weighted by Gasteiger charge is -2.26. The van der Waals surface area contributed by atoms with Crippen LogP contribution in [0.25, 0.3) is 0 Å². The van der Waals surface area contributed by atoms with Crippen molar-refractivity contribution in [1.82, 2.24) is 4.90 Å². The third-order valence-corrected chi connectivity index (χ3v) is 3.82. The molecule has 0 aliphatic heterocycles. The summed E-state index contributed by atoms with van der Waals surface area (Å²) in [6.45, 7) is 2.00. The fraction of sp³-hybridized carbons (Fsp3) is 0.278. The van der Waals surface area contributed by atoms with Crippen molar-refractivity contribution in [2.75, 3.05) is 21.3 Å². The molecule has 2 aromatic rings. The van der Waals surface area contributed by atoms with Crippen LogP contribution in [0.3, 0.4) is 0 Å². The van der Waals surface area contributed by atoms with Crippen LogP contribution in [0.2, 0.25) is 0 Å². The van der Waals surface area contributed by atoms with Crippen LogP contribution < -0.4 is 9.47 Å². The number of amides is 1. The Morgan fingerprint density at radius 2 is 1.73 bits per heavy atom. The van der Waals surface area contributed by atoms with Gasteiger partial charge in [0.15, 0.2) is 0 Å². The van der Waals surface area contributed by atoms with Gasteiger partial charge in [0.25, 0.3) is 5.91 Å². The highest BCUT2D eigenvalue weighted by atomic mass is 16.5. The summed E-state index contributed by atoms with van der Waals surface area (Å²) in [6, 6.07) is 15.1. The van der Waals surface area contributed by atoms with E-state index in [1.165, 1.54) is 0 Å². The van der Waals surface area contributed by atoms with Crippen molar-refractivity contribution in [2.24, 2.45) is 0 Å². The third kappa shape index (κ3) is 3.22. The van der Waals surface area contributed by atoms with Gasteiger partial charge in [-0.25, -0.2) is 0 Å². The molecule has 0 aromatic heterocycles. The van der Waals surface area contributed by atoms with E-state index in [2.05, 4.69) is 0 Å². The Morgan fingerprint density at radius 1 is 1.05 bits per heavy atom. The molecule has 0 aliphatic rings. The number of methoxy groups -OCH3 is 2. The van der Waals surface area contributed by atoms with Crippen molar-refractivity contribution in [1.29, 1.82) is 0 Å². The van der Waals surface area contributed by atoms with Gasteiger partial charge >= 0.3 is 0 Å². The average Bonchev–Trinajstić information content (AvgIpc) is 2.59. The normalized spacial score (nSPS) is 11.6. The van der Waals surface area contributed by atoms with Gasteiger partial charge < -0.3 is 14.4 Å². The van der Waals surface area contributed by atoms with Gasteiger partial charge in [0.1, 0.15) is 11.5 Å². The van der Waals surface area contributed by atoms with Crippen LogP contribution >= 0.6 is 0 Å². The zero-order valence-electron chi connectivity index (χ0n) is 13.4. The molecule has 1 amide bonds. The Bertz CT molecular complexity index is 640. The first kappa shape index (κ1) is 15.9. The van der Waals surface area contributed by atoms with Crippen molar-refractivity contribution in [3.8, 4) is 11.5 Å². The molecule has 4 nitrogen and oxygen atoms in total. The van der Waals surface area contributed by atoms with Gasteiger partial charge in [0.05, 0.1) is 25.8 Å². The molecule has 22 heavy (non-hydrogen) atoms. The van der Waals surface area contributed by atoms with Gasteiger partial charge in [-0.1, -0.05) is 30.3 Å². The molecule has 0 bridgehead atoms. The second kappa shape index (κ2) is 6.98. The van der Waals surface area contributed by atoms with Gasteiger partial charge in [-0.3, -0.25) is 4.79 Å². The van der Waals surface area contributed by atoms with Gasteiger partial charge in [-0.2, -0.15) is 0 Å². The second-order valence-corrected chi connectivity index (χ2v) is 5.07. The molecule has 4 heteroatoms. The van der Waals surface area contributed by atoms with E-state index in [0.29, 0.717) is 17.1 Å². The average molecular weight is 299 g/mol. The van der Waals surface area contributed by atoms with Crippen molar-refractivity contribution in [3.63, 3.8) is 0 Å². The van der Waals surface area contributed by atoms with Crippen LogP contribution in [-0.2, 0) is 0 Å². The minimum Gasteiger partial charge on any atom is -0.497 e. The minimum absolute atomic E-state index is 0.0374. The van der Waals surface area contributed by atoms with Gasteiger partial charge in [-0.15, -0.1) is 0 Å². The van der Waals surface area contributed by atoms with E-state index in [1.54, 1.807) is 44.4 Å². The summed E-state index contributed by atoms with van der Waals surface area (Å²) in [4.78, 5) is 14.5. The summed E-state index contributed by atoms with van der Waals surface area (Å²) in [5.41, 5.74) is 1.58. The van der Waals surface area contributed by atoms with E-state index in [1.807, 2.05) is 37.3 Å². The molecule has 1 unspecified atom stereocenters. The van der Waals surface area contributed by atoms with Crippen molar-refractivity contribution in [3.05, 3.63) is 59.7 Å². The highest BCUT2D eigenvalue weighted by molar-refractivity contribution is 5.97. The van der Waals surface area contributed by atoms with Crippen molar-refractivity contribution in [2.45, 2.75) is 13.0 Å². The number of nitrogens with zero attached hydrogens (tertiary/aromatic N) is 1. The molecule has 0 heterocycles. The van der Waals surface area contributed by atoms with Gasteiger partial charge in [0, 0.05) is 7.05 Å². The molecule has 0 saturated carbocycles.